The van der Waals surface area contributed by atoms with Crippen molar-refractivity contribution in [2.45, 2.75) is 31.5 Å². The van der Waals surface area contributed by atoms with Crippen molar-refractivity contribution in [2.24, 2.45) is 5.92 Å². The molecule has 0 aromatic carbocycles. The van der Waals surface area contributed by atoms with Crippen molar-refractivity contribution in [2.75, 3.05) is 6.61 Å². The van der Waals surface area contributed by atoms with Crippen LogP contribution in [0.2, 0.25) is 0 Å². The van der Waals surface area contributed by atoms with Gasteiger partial charge in [0.2, 0.25) is 0 Å². The van der Waals surface area contributed by atoms with Gasteiger partial charge in [0, 0.05) is 6.61 Å². The summed E-state index contributed by atoms with van der Waals surface area (Å²) in [4.78, 5) is 0. The highest BCUT2D eigenvalue weighted by Crippen LogP contribution is 2.39. The summed E-state index contributed by atoms with van der Waals surface area (Å²) in [5.41, 5.74) is 0. The molecule has 0 amide bonds. The number of hydrogen-bond donors (Lipinski definition) is 0. The van der Waals surface area contributed by atoms with Crippen LogP contribution in [-0.4, -0.2) is 18.8 Å². The Bertz CT molecular complexity index is 124. The van der Waals surface area contributed by atoms with E-state index in [4.69, 9.17) is 9.47 Å². The van der Waals surface area contributed by atoms with Crippen LogP contribution in [0, 0.1) is 13.0 Å². The smallest absolute Gasteiger partial charge is 0.0845 e. The zero-order valence-corrected chi connectivity index (χ0v) is 6.08. The predicted molar refractivity (Wildman–Crippen MR) is 37.3 cm³/mol. The first-order chi connectivity index (χ1) is 4.90. The van der Waals surface area contributed by atoms with E-state index in [-0.39, 0.29) is 0 Å². The highest BCUT2D eigenvalue weighted by molar-refractivity contribution is 4.91. The van der Waals surface area contributed by atoms with Crippen molar-refractivity contribution >= 4 is 0 Å². The number of epoxide rings is 1. The SMILES string of the molecule is [CH2]OCC1CCC2OC2C1. The monoisotopic (exact) mass is 141 g/mol. The molecular weight excluding hydrogens is 128 g/mol. The number of rotatable bonds is 2. The van der Waals surface area contributed by atoms with Crippen molar-refractivity contribution in [1.29, 1.82) is 0 Å². The predicted octanol–water partition coefficient (Wildman–Crippen LogP) is 1.36. The number of hydrogen-bond acceptors (Lipinski definition) is 2. The zero-order valence-electron chi connectivity index (χ0n) is 6.08. The first kappa shape index (κ1) is 6.62. The van der Waals surface area contributed by atoms with E-state index in [0.717, 1.165) is 6.61 Å². The van der Waals surface area contributed by atoms with Gasteiger partial charge in [-0.1, -0.05) is 0 Å². The highest BCUT2D eigenvalue weighted by atomic mass is 16.6. The van der Waals surface area contributed by atoms with Gasteiger partial charge in [-0.05, 0) is 25.2 Å². The second kappa shape index (κ2) is 2.51. The molecule has 1 aliphatic heterocycles. The van der Waals surface area contributed by atoms with E-state index in [1.165, 1.54) is 19.3 Å². The van der Waals surface area contributed by atoms with Gasteiger partial charge in [-0.2, -0.15) is 0 Å². The van der Waals surface area contributed by atoms with Crippen LogP contribution in [0.1, 0.15) is 19.3 Å². The Morgan fingerprint density at radius 1 is 1.40 bits per heavy atom. The quantitative estimate of drug-likeness (QED) is 0.541. The van der Waals surface area contributed by atoms with Crippen molar-refractivity contribution in [1.82, 2.24) is 0 Å². The average Bonchev–Trinajstić information content (AvgIpc) is 2.66. The van der Waals surface area contributed by atoms with Gasteiger partial charge < -0.3 is 9.47 Å². The molecule has 0 aromatic rings. The second-order valence-corrected chi connectivity index (χ2v) is 3.26. The summed E-state index contributed by atoms with van der Waals surface area (Å²) in [5, 5.41) is 0. The van der Waals surface area contributed by atoms with Gasteiger partial charge in [-0.15, -0.1) is 0 Å². The normalized spacial score (nSPS) is 44.7. The van der Waals surface area contributed by atoms with Crippen molar-refractivity contribution < 1.29 is 9.47 Å². The van der Waals surface area contributed by atoms with Crippen LogP contribution < -0.4 is 0 Å². The Kier molecular flexibility index (Phi) is 1.66. The molecule has 2 rings (SSSR count). The Morgan fingerprint density at radius 2 is 2.30 bits per heavy atom. The van der Waals surface area contributed by atoms with Crippen molar-refractivity contribution in [3.05, 3.63) is 7.11 Å². The molecule has 57 valence electrons. The van der Waals surface area contributed by atoms with E-state index in [2.05, 4.69) is 7.11 Å². The van der Waals surface area contributed by atoms with Crippen LogP contribution in [0.4, 0.5) is 0 Å². The highest BCUT2D eigenvalue weighted by Gasteiger charge is 2.43. The van der Waals surface area contributed by atoms with E-state index in [1.54, 1.807) is 0 Å². The van der Waals surface area contributed by atoms with Crippen LogP contribution in [0.5, 0.6) is 0 Å². The molecule has 1 saturated carbocycles. The summed E-state index contributed by atoms with van der Waals surface area (Å²) in [5.74, 6) is 0.709. The fourth-order valence-corrected chi connectivity index (χ4v) is 1.80. The average molecular weight is 141 g/mol. The maximum Gasteiger partial charge on any atom is 0.0845 e. The minimum absolute atomic E-state index is 0.578. The number of ether oxygens (including phenoxy) is 2. The lowest BCUT2D eigenvalue weighted by Crippen LogP contribution is -2.17. The van der Waals surface area contributed by atoms with Gasteiger partial charge in [0.15, 0.2) is 0 Å². The fraction of sp³-hybridized carbons (Fsp3) is 0.875. The molecule has 1 heterocycles. The van der Waals surface area contributed by atoms with E-state index in [1.807, 2.05) is 0 Å². The Hall–Kier alpha value is -0.0800. The molecule has 1 radical (unpaired) electrons. The van der Waals surface area contributed by atoms with Crippen LogP contribution in [0.25, 0.3) is 0 Å². The molecule has 3 unspecified atom stereocenters. The summed E-state index contributed by atoms with van der Waals surface area (Å²) >= 11 is 0. The molecule has 3 atom stereocenters. The molecule has 0 N–H and O–H groups in total. The van der Waals surface area contributed by atoms with Crippen molar-refractivity contribution in [3.63, 3.8) is 0 Å². The van der Waals surface area contributed by atoms with Crippen LogP contribution >= 0.6 is 0 Å². The van der Waals surface area contributed by atoms with Crippen LogP contribution in [0.3, 0.4) is 0 Å². The minimum atomic E-state index is 0.578. The van der Waals surface area contributed by atoms with Gasteiger partial charge in [-0.3, -0.25) is 0 Å². The van der Waals surface area contributed by atoms with Gasteiger partial charge in [0.25, 0.3) is 0 Å². The minimum Gasteiger partial charge on any atom is -0.379 e. The van der Waals surface area contributed by atoms with Gasteiger partial charge >= 0.3 is 0 Å². The Morgan fingerprint density at radius 3 is 3.00 bits per heavy atom. The summed E-state index contributed by atoms with van der Waals surface area (Å²) < 4.78 is 10.2. The molecule has 2 heteroatoms. The topological polar surface area (TPSA) is 21.8 Å². The molecule has 2 nitrogen and oxygen atoms in total. The summed E-state index contributed by atoms with van der Waals surface area (Å²) in [7, 11) is 3.38. The van der Waals surface area contributed by atoms with E-state index in [0.29, 0.717) is 18.1 Å². The van der Waals surface area contributed by atoms with E-state index >= 15 is 0 Å². The van der Waals surface area contributed by atoms with Gasteiger partial charge in [0.1, 0.15) is 0 Å². The first-order valence-electron chi connectivity index (χ1n) is 3.92. The Labute approximate surface area is 61.5 Å². The number of fused-ring (bicyclic) bond motifs is 1. The molecule has 0 bridgehead atoms. The molecule has 10 heavy (non-hydrogen) atoms. The van der Waals surface area contributed by atoms with E-state index < -0.39 is 0 Å². The molecular formula is C8H13O2. The molecule has 2 fully saturated rings. The van der Waals surface area contributed by atoms with Crippen molar-refractivity contribution in [3.8, 4) is 0 Å². The third kappa shape index (κ3) is 1.18. The molecule has 1 aliphatic carbocycles. The lowest BCUT2D eigenvalue weighted by Gasteiger charge is -2.16. The molecule has 2 aliphatic rings. The third-order valence-corrected chi connectivity index (χ3v) is 2.47. The largest absolute Gasteiger partial charge is 0.379 e. The first-order valence-corrected chi connectivity index (χ1v) is 3.92. The third-order valence-electron chi connectivity index (χ3n) is 2.47. The maximum absolute atomic E-state index is 5.38. The van der Waals surface area contributed by atoms with Crippen LogP contribution in [-0.2, 0) is 9.47 Å². The van der Waals surface area contributed by atoms with Crippen LogP contribution in [0.15, 0.2) is 0 Å². The lowest BCUT2D eigenvalue weighted by atomic mass is 9.90. The lowest BCUT2D eigenvalue weighted by molar-refractivity contribution is 0.166. The molecule has 0 aromatic heterocycles. The summed E-state index contributed by atoms with van der Waals surface area (Å²) in [6, 6.07) is 0. The fourth-order valence-electron chi connectivity index (χ4n) is 1.80. The van der Waals surface area contributed by atoms with Gasteiger partial charge in [0.05, 0.1) is 19.3 Å². The molecule has 1 saturated heterocycles. The zero-order chi connectivity index (χ0) is 6.97. The molecule has 0 spiro atoms. The standard InChI is InChI=1S/C8H13O2/c1-9-5-6-2-3-7-8(4-6)10-7/h6-8H,1-5H2. The van der Waals surface area contributed by atoms with Gasteiger partial charge in [-0.25, -0.2) is 0 Å². The second-order valence-electron chi connectivity index (χ2n) is 3.26. The summed E-state index contributed by atoms with van der Waals surface area (Å²) in [6.07, 6.45) is 4.88. The Balaban J connectivity index is 1.77. The maximum atomic E-state index is 5.38. The summed E-state index contributed by atoms with van der Waals surface area (Å²) in [6.45, 7) is 0.812. The van der Waals surface area contributed by atoms with E-state index in [9.17, 15) is 0 Å².